The van der Waals surface area contributed by atoms with Gasteiger partial charge in [-0.2, -0.15) is 0 Å². The van der Waals surface area contributed by atoms with Crippen LogP contribution in [0.4, 0.5) is 4.79 Å². The second kappa shape index (κ2) is 8.17. The standard InChI is InChI=1S/C16H24N2O3S/c19-16(18-14-8-3-1-4-9-14)17-12-7-13-22(20,21)15-10-5-2-6-11-15/h2,5-6,10-11,14H,1,3-4,7-9,12-13H2,(H2,17,18,19). The van der Waals surface area contributed by atoms with Gasteiger partial charge in [0, 0.05) is 12.6 Å². The summed E-state index contributed by atoms with van der Waals surface area (Å²) in [6.45, 7) is 0.366. The van der Waals surface area contributed by atoms with Gasteiger partial charge in [0.15, 0.2) is 9.84 Å². The molecule has 0 unspecified atom stereocenters. The topological polar surface area (TPSA) is 75.3 Å². The van der Waals surface area contributed by atoms with Crippen molar-refractivity contribution in [3.05, 3.63) is 30.3 Å². The van der Waals surface area contributed by atoms with Gasteiger partial charge in [-0.1, -0.05) is 37.5 Å². The number of sulfone groups is 1. The largest absolute Gasteiger partial charge is 0.338 e. The van der Waals surface area contributed by atoms with E-state index in [0.717, 1.165) is 12.8 Å². The van der Waals surface area contributed by atoms with Crippen molar-refractivity contribution in [1.82, 2.24) is 10.6 Å². The second-order valence-electron chi connectivity index (χ2n) is 5.72. The number of urea groups is 1. The lowest BCUT2D eigenvalue weighted by Crippen LogP contribution is -2.43. The van der Waals surface area contributed by atoms with Crippen LogP contribution in [0, 0.1) is 0 Å². The van der Waals surface area contributed by atoms with E-state index in [2.05, 4.69) is 10.6 Å². The van der Waals surface area contributed by atoms with Crippen molar-refractivity contribution < 1.29 is 13.2 Å². The van der Waals surface area contributed by atoms with Gasteiger partial charge in [-0.25, -0.2) is 13.2 Å². The number of carbonyl (C=O) groups excluding carboxylic acids is 1. The Bertz CT molecular complexity index is 566. The van der Waals surface area contributed by atoms with E-state index in [1.807, 2.05) is 0 Å². The molecule has 0 radical (unpaired) electrons. The number of benzene rings is 1. The van der Waals surface area contributed by atoms with E-state index in [4.69, 9.17) is 0 Å². The van der Waals surface area contributed by atoms with Crippen molar-refractivity contribution in [1.29, 1.82) is 0 Å². The number of nitrogens with one attached hydrogen (secondary N) is 2. The molecule has 22 heavy (non-hydrogen) atoms. The minimum absolute atomic E-state index is 0.0424. The molecule has 1 aromatic carbocycles. The molecule has 122 valence electrons. The molecule has 1 aromatic rings. The maximum absolute atomic E-state index is 12.1. The summed E-state index contributed by atoms with van der Waals surface area (Å²) in [4.78, 5) is 12.1. The Morgan fingerprint density at radius 3 is 2.45 bits per heavy atom. The number of rotatable bonds is 6. The summed E-state index contributed by atoms with van der Waals surface area (Å²) in [5, 5.41) is 5.69. The molecule has 0 spiro atoms. The number of hydrogen-bond acceptors (Lipinski definition) is 3. The minimum Gasteiger partial charge on any atom is -0.338 e. The highest BCUT2D eigenvalue weighted by Crippen LogP contribution is 2.17. The minimum atomic E-state index is -3.26. The van der Waals surface area contributed by atoms with Crippen molar-refractivity contribution in [3.63, 3.8) is 0 Å². The summed E-state index contributed by atoms with van der Waals surface area (Å²) in [6, 6.07) is 8.48. The van der Waals surface area contributed by atoms with Gasteiger partial charge in [0.05, 0.1) is 10.6 Å². The molecule has 1 saturated carbocycles. The third-order valence-corrected chi connectivity index (χ3v) is 5.73. The first-order valence-corrected chi connectivity index (χ1v) is 9.55. The fraction of sp³-hybridized carbons (Fsp3) is 0.562. The highest BCUT2D eigenvalue weighted by atomic mass is 32.2. The predicted molar refractivity (Wildman–Crippen MR) is 86.5 cm³/mol. The van der Waals surface area contributed by atoms with E-state index in [1.165, 1.54) is 19.3 Å². The molecular formula is C16H24N2O3S. The summed E-state index contributed by atoms with van der Waals surface area (Å²) in [5.41, 5.74) is 0. The first-order chi connectivity index (χ1) is 10.6. The smallest absolute Gasteiger partial charge is 0.315 e. The number of amides is 2. The van der Waals surface area contributed by atoms with E-state index >= 15 is 0 Å². The molecule has 0 aliphatic heterocycles. The summed E-state index contributed by atoms with van der Waals surface area (Å²) in [5.74, 6) is 0.0424. The summed E-state index contributed by atoms with van der Waals surface area (Å²) in [6.07, 6.45) is 6.07. The molecule has 5 nitrogen and oxygen atoms in total. The van der Waals surface area contributed by atoms with Crippen LogP contribution in [0.5, 0.6) is 0 Å². The molecule has 1 aliphatic rings. The van der Waals surface area contributed by atoms with Gasteiger partial charge >= 0.3 is 6.03 Å². The zero-order valence-electron chi connectivity index (χ0n) is 12.8. The van der Waals surface area contributed by atoms with Crippen molar-refractivity contribution in [2.24, 2.45) is 0 Å². The van der Waals surface area contributed by atoms with Crippen LogP contribution in [0.2, 0.25) is 0 Å². The maximum Gasteiger partial charge on any atom is 0.315 e. The van der Waals surface area contributed by atoms with Crippen LogP contribution >= 0.6 is 0 Å². The van der Waals surface area contributed by atoms with E-state index < -0.39 is 9.84 Å². The Morgan fingerprint density at radius 1 is 1.09 bits per heavy atom. The fourth-order valence-electron chi connectivity index (χ4n) is 2.69. The first-order valence-electron chi connectivity index (χ1n) is 7.90. The van der Waals surface area contributed by atoms with Crippen molar-refractivity contribution >= 4 is 15.9 Å². The van der Waals surface area contributed by atoms with E-state index in [9.17, 15) is 13.2 Å². The Kier molecular flexibility index (Phi) is 6.24. The first kappa shape index (κ1) is 16.8. The quantitative estimate of drug-likeness (QED) is 0.789. The molecule has 1 aliphatic carbocycles. The molecule has 1 fully saturated rings. The average Bonchev–Trinajstić information content (AvgIpc) is 2.53. The lowest BCUT2D eigenvalue weighted by Gasteiger charge is -2.22. The summed E-state index contributed by atoms with van der Waals surface area (Å²) >= 11 is 0. The normalized spacial score (nSPS) is 16.2. The van der Waals surface area contributed by atoms with Crippen LogP contribution in [0.1, 0.15) is 38.5 Å². The molecule has 0 saturated heterocycles. The zero-order valence-corrected chi connectivity index (χ0v) is 13.6. The van der Waals surface area contributed by atoms with Crippen LogP contribution in [0.25, 0.3) is 0 Å². The molecule has 2 N–H and O–H groups in total. The molecule has 6 heteroatoms. The van der Waals surface area contributed by atoms with Crippen molar-refractivity contribution in [2.45, 2.75) is 49.5 Å². The lowest BCUT2D eigenvalue weighted by atomic mass is 9.96. The molecular weight excluding hydrogens is 300 g/mol. The Balaban J connectivity index is 1.67. The molecule has 0 atom stereocenters. The number of hydrogen-bond donors (Lipinski definition) is 2. The predicted octanol–water partition coefficient (Wildman–Crippen LogP) is 2.48. The van der Waals surface area contributed by atoms with Gasteiger partial charge in [-0.3, -0.25) is 0 Å². The Morgan fingerprint density at radius 2 is 1.77 bits per heavy atom. The second-order valence-corrected chi connectivity index (χ2v) is 7.83. The van der Waals surface area contributed by atoms with Crippen LogP contribution < -0.4 is 10.6 Å². The monoisotopic (exact) mass is 324 g/mol. The lowest BCUT2D eigenvalue weighted by molar-refractivity contribution is 0.232. The van der Waals surface area contributed by atoms with Gasteiger partial charge in [-0.05, 0) is 31.4 Å². The van der Waals surface area contributed by atoms with Gasteiger partial charge in [0.25, 0.3) is 0 Å². The average molecular weight is 324 g/mol. The summed E-state index contributed by atoms with van der Waals surface area (Å²) < 4.78 is 24.1. The van der Waals surface area contributed by atoms with Crippen LogP contribution in [0.3, 0.4) is 0 Å². The number of carbonyl (C=O) groups is 1. The molecule has 0 heterocycles. The zero-order chi connectivity index (χ0) is 15.8. The van der Waals surface area contributed by atoms with Gasteiger partial charge in [0.1, 0.15) is 0 Å². The summed E-state index contributed by atoms with van der Waals surface area (Å²) in [7, 11) is -3.26. The fourth-order valence-corrected chi connectivity index (χ4v) is 4.03. The third kappa shape index (κ3) is 5.33. The van der Waals surface area contributed by atoms with Gasteiger partial charge in [-0.15, -0.1) is 0 Å². The van der Waals surface area contributed by atoms with Crippen LogP contribution in [0.15, 0.2) is 35.2 Å². The Labute approximate surface area is 132 Å². The molecule has 2 rings (SSSR count). The highest BCUT2D eigenvalue weighted by molar-refractivity contribution is 7.91. The van der Waals surface area contributed by atoms with E-state index in [-0.39, 0.29) is 17.8 Å². The van der Waals surface area contributed by atoms with Crippen molar-refractivity contribution in [3.8, 4) is 0 Å². The van der Waals surface area contributed by atoms with Crippen LogP contribution in [-0.2, 0) is 9.84 Å². The SMILES string of the molecule is O=C(NCCCS(=O)(=O)c1ccccc1)NC1CCCCC1. The Hall–Kier alpha value is -1.56. The van der Waals surface area contributed by atoms with Gasteiger partial charge < -0.3 is 10.6 Å². The van der Waals surface area contributed by atoms with Gasteiger partial charge in [0.2, 0.25) is 0 Å². The van der Waals surface area contributed by atoms with Crippen LogP contribution in [-0.4, -0.2) is 32.8 Å². The maximum atomic E-state index is 12.1. The van der Waals surface area contributed by atoms with E-state index in [1.54, 1.807) is 30.3 Å². The molecule has 2 amide bonds. The highest BCUT2D eigenvalue weighted by Gasteiger charge is 2.16. The van der Waals surface area contributed by atoms with E-state index in [0.29, 0.717) is 17.9 Å². The molecule has 0 bridgehead atoms. The van der Waals surface area contributed by atoms with Crippen molar-refractivity contribution in [2.75, 3.05) is 12.3 Å². The third-order valence-electron chi connectivity index (χ3n) is 3.92. The molecule has 0 aromatic heterocycles.